The number of amides is 2. The van der Waals surface area contributed by atoms with Crippen molar-refractivity contribution in [3.05, 3.63) is 118 Å². The molecule has 0 aromatic heterocycles. The number of nitrogens with zero attached hydrogens (tertiary/aromatic N) is 4. The Kier molecular flexibility index (Phi) is 13.1. The monoisotopic (exact) mass is 807 g/mol. The van der Waals surface area contributed by atoms with E-state index >= 15 is 8.78 Å². The minimum absolute atomic E-state index is 0.00292. The maximum Gasteiger partial charge on any atom is 0.254 e. The summed E-state index contributed by atoms with van der Waals surface area (Å²) in [6.07, 6.45) is 4.19. The number of hydrogen-bond donors (Lipinski definition) is 2. The van der Waals surface area contributed by atoms with Crippen LogP contribution in [0.1, 0.15) is 82.1 Å². The lowest BCUT2D eigenvalue weighted by Gasteiger charge is -2.40. The van der Waals surface area contributed by atoms with Crippen molar-refractivity contribution < 1.29 is 33.0 Å². The average Bonchev–Trinajstić information content (AvgIpc) is 3.52. The summed E-state index contributed by atoms with van der Waals surface area (Å²) in [7, 11) is 3.43. The molecule has 2 atom stereocenters. The van der Waals surface area contributed by atoms with Gasteiger partial charge in [0.2, 0.25) is 5.91 Å². The van der Waals surface area contributed by atoms with Gasteiger partial charge in [0, 0.05) is 114 Å². The molecule has 0 spiro atoms. The van der Waals surface area contributed by atoms with E-state index in [1.165, 1.54) is 17.8 Å². The first-order valence-electron chi connectivity index (χ1n) is 20.8. The van der Waals surface area contributed by atoms with E-state index in [4.69, 9.17) is 4.74 Å². The number of anilines is 2. The van der Waals surface area contributed by atoms with Crippen molar-refractivity contribution in [1.29, 1.82) is 0 Å². The summed E-state index contributed by atoms with van der Waals surface area (Å²) in [5.41, 5.74) is 6.71. The Balaban J connectivity index is 0.000000528. The number of carbonyl (C=O) groups is 3. The summed E-state index contributed by atoms with van der Waals surface area (Å²) in [5.74, 6) is -0.334. The zero-order valence-electron chi connectivity index (χ0n) is 34.3. The molecule has 2 amide bonds. The number of fused-ring (bicyclic) bond motifs is 2. The molecule has 0 saturated carbocycles. The van der Waals surface area contributed by atoms with Gasteiger partial charge in [0.05, 0.1) is 6.61 Å². The van der Waals surface area contributed by atoms with Crippen LogP contribution in [-0.4, -0.2) is 99.5 Å². The largest absolute Gasteiger partial charge is 0.508 e. The number of aldehydes is 1. The number of piperidine rings is 1. The van der Waals surface area contributed by atoms with Crippen LogP contribution in [0, 0.1) is 24.5 Å². The molecule has 4 aliphatic heterocycles. The molecule has 4 aromatic rings. The number of rotatable bonds is 10. The number of phenols is 1. The Labute approximate surface area is 345 Å². The quantitative estimate of drug-likeness (QED) is 0.130. The molecular formula is C47H55F2N5O5. The topological polar surface area (TPSA) is 106 Å². The van der Waals surface area contributed by atoms with Crippen molar-refractivity contribution >= 4 is 29.5 Å². The third-order valence-corrected chi connectivity index (χ3v) is 12.3. The van der Waals surface area contributed by atoms with Crippen molar-refractivity contribution in [3.63, 3.8) is 0 Å². The maximum atomic E-state index is 16.1. The lowest BCUT2D eigenvalue weighted by Crippen LogP contribution is -2.49. The lowest BCUT2D eigenvalue weighted by molar-refractivity contribution is -0.120. The number of halogens is 2. The molecule has 12 heteroatoms. The van der Waals surface area contributed by atoms with Crippen LogP contribution in [0.4, 0.5) is 20.2 Å². The summed E-state index contributed by atoms with van der Waals surface area (Å²) in [4.78, 5) is 41.1. The van der Waals surface area contributed by atoms with E-state index in [0.717, 1.165) is 79.7 Å². The van der Waals surface area contributed by atoms with E-state index in [0.29, 0.717) is 62.7 Å². The second-order valence-corrected chi connectivity index (χ2v) is 16.3. The Morgan fingerprint density at radius 3 is 2.36 bits per heavy atom. The van der Waals surface area contributed by atoms with Gasteiger partial charge in [-0.15, -0.1) is 0 Å². The molecule has 59 heavy (non-hydrogen) atoms. The molecular weight excluding hydrogens is 753 g/mol. The number of unbranched alkanes of at least 4 members (excludes halogenated alkanes) is 1. The molecule has 4 aromatic carbocycles. The highest BCUT2D eigenvalue weighted by Crippen LogP contribution is 2.48. The van der Waals surface area contributed by atoms with E-state index in [9.17, 15) is 19.5 Å². The van der Waals surface area contributed by atoms with Gasteiger partial charge in [0.15, 0.2) is 0 Å². The number of carbonyl (C=O) groups excluding carboxylic acids is 3. The summed E-state index contributed by atoms with van der Waals surface area (Å²) >= 11 is 0. The number of phenolic OH excluding ortho intramolecular Hbond substituents is 1. The van der Waals surface area contributed by atoms with E-state index in [1.54, 1.807) is 30.1 Å². The van der Waals surface area contributed by atoms with Crippen LogP contribution in [0.3, 0.4) is 0 Å². The third-order valence-electron chi connectivity index (χ3n) is 12.3. The molecule has 312 valence electrons. The van der Waals surface area contributed by atoms with Gasteiger partial charge in [-0.3, -0.25) is 14.5 Å². The number of piperazine rings is 1. The summed E-state index contributed by atoms with van der Waals surface area (Å²) < 4.78 is 38.2. The molecule has 2 unspecified atom stereocenters. The van der Waals surface area contributed by atoms with Gasteiger partial charge in [-0.25, -0.2) is 8.78 Å². The minimum Gasteiger partial charge on any atom is -0.508 e. The molecule has 2 fully saturated rings. The molecule has 4 aliphatic rings. The highest BCUT2D eigenvalue weighted by molar-refractivity contribution is 5.98. The maximum absolute atomic E-state index is 16.1. The summed E-state index contributed by atoms with van der Waals surface area (Å²) in [6, 6.07) is 22.4. The van der Waals surface area contributed by atoms with Gasteiger partial charge < -0.3 is 34.7 Å². The van der Waals surface area contributed by atoms with Crippen molar-refractivity contribution in [2.24, 2.45) is 5.92 Å². The molecule has 0 aliphatic carbocycles. The fraction of sp³-hybridized carbons (Fsp3) is 0.426. The molecule has 4 heterocycles. The van der Waals surface area contributed by atoms with Crippen molar-refractivity contribution in [1.82, 2.24) is 15.1 Å². The highest BCUT2D eigenvalue weighted by atomic mass is 19.1. The van der Waals surface area contributed by atoms with Gasteiger partial charge in [-0.2, -0.15) is 0 Å². The Hall–Kier alpha value is -5.49. The number of ether oxygens (including phenoxy) is 1. The second-order valence-electron chi connectivity index (χ2n) is 16.3. The predicted molar refractivity (Wildman–Crippen MR) is 226 cm³/mol. The van der Waals surface area contributed by atoms with Crippen LogP contribution >= 0.6 is 0 Å². The van der Waals surface area contributed by atoms with Crippen LogP contribution in [0.5, 0.6) is 11.5 Å². The molecule has 2 saturated heterocycles. The normalized spacial score (nSPS) is 19.3. The average molecular weight is 808 g/mol. The lowest BCUT2D eigenvalue weighted by atomic mass is 9.75. The number of benzene rings is 4. The van der Waals surface area contributed by atoms with Crippen molar-refractivity contribution in [3.8, 4) is 11.5 Å². The van der Waals surface area contributed by atoms with E-state index in [-0.39, 0.29) is 35.1 Å². The first kappa shape index (κ1) is 41.7. The van der Waals surface area contributed by atoms with Gasteiger partial charge in [0.25, 0.3) is 5.91 Å². The van der Waals surface area contributed by atoms with Gasteiger partial charge in [0.1, 0.15) is 35.1 Å². The van der Waals surface area contributed by atoms with Gasteiger partial charge >= 0.3 is 0 Å². The van der Waals surface area contributed by atoms with Crippen LogP contribution in [0.25, 0.3) is 0 Å². The predicted octanol–water partition coefficient (Wildman–Crippen LogP) is 7.01. The standard InChI is InChI=1S/C41H44F2N4O3.C6H11NO2/c1-26-4-3-5-28(18-26)35-25-50-38-22-32(48)7-9-34(38)39(35)29-20-36(42)40(37(43)21-29)47-12-10-27(11-13-47)23-45-14-16-46(17-15-45)31-6-8-33-30(19-31)24-44(2)41(33)49;1-7-6(9)4-2-3-5-8/h3-9,18-22,27,35,39,48H,10-17,23-25H2,1-2H3;5H,2-4H2,1H3,(H,7,9). The highest BCUT2D eigenvalue weighted by Gasteiger charge is 2.36. The van der Waals surface area contributed by atoms with E-state index in [1.807, 2.05) is 43.1 Å². The zero-order valence-corrected chi connectivity index (χ0v) is 34.3. The summed E-state index contributed by atoms with van der Waals surface area (Å²) in [6.45, 7) is 9.09. The number of hydrogen-bond acceptors (Lipinski definition) is 8. The molecule has 10 nitrogen and oxygen atoms in total. The number of nitrogens with one attached hydrogen (secondary N) is 1. The van der Waals surface area contributed by atoms with E-state index < -0.39 is 11.6 Å². The van der Waals surface area contributed by atoms with Gasteiger partial charge in [-0.1, -0.05) is 35.9 Å². The number of aryl methyl sites for hydroxylation is 1. The zero-order chi connectivity index (χ0) is 41.6. The van der Waals surface area contributed by atoms with Crippen molar-refractivity contribution in [2.45, 2.75) is 57.4 Å². The smallest absolute Gasteiger partial charge is 0.254 e. The van der Waals surface area contributed by atoms with Crippen LogP contribution in [0.15, 0.2) is 72.8 Å². The Bertz CT molecular complexity index is 2130. The molecule has 0 radical (unpaired) electrons. The fourth-order valence-corrected chi connectivity index (χ4v) is 9.08. The molecule has 0 bridgehead atoms. The SMILES string of the molecule is CNC(=O)CCCC=O.Cc1cccc(C2COc3cc(O)ccc3C2c2cc(F)c(N3CCC(CN4CCN(c5ccc6c(c5)CN(C)C6=O)CC4)CC3)c(F)c2)c1. The van der Waals surface area contributed by atoms with Crippen LogP contribution in [0.2, 0.25) is 0 Å². The van der Waals surface area contributed by atoms with Crippen molar-refractivity contribution in [2.75, 3.05) is 76.3 Å². The van der Waals surface area contributed by atoms with Crippen LogP contribution < -0.4 is 19.9 Å². The number of aromatic hydroxyl groups is 1. The Morgan fingerprint density at radius 1 is 0.915 bits per heavy atom. The third kappa shape index (κ3) is 9.54. The Morgan fingerprint density at radius 2 is 1.66 bits per heavy atom. The summed E-state index contributed by atoms with van der Waals surface area (Å²) in [5, 5.41) is 12.6. The molecule has 8 rings (SSSR count). The first-order valence-corrected chi connectivity index (χ1v) is 20.8. The van der Waals surface area contributed by atoms with E-state index in [2.05, 4.69) is 33.3 Å². The second kappa shape index (κ2) is 18.6. The minimum atomic E-state index is -0.535. The van der Waals surface area contributed by atoms with Crippen LogP contribution in [-0.2, 0) is 16.1 Å². The fourth-order valence-electron chi connectivity index (χ4n) is 9.08. The first-order chi connectivity index (χ1) is 28.5. The van der Waals surface area contributed by atoms with Gasteiger partial charge in [-0.05, 0) is 85.2 Å². The molecule has 2 N–H and O–H groups in total.